The van der Waals surface area contributed by atoms with Crippen molar-refractivity contribution in [2.75, 3.05) is 11.9 Å². The van der Waals surface area contributed by atoms with Gasteiger partial charge < -0.3 is 10.6 Å². The third-order valence-electron chi connectivity index (χ3n) is 2.79. The number of rotatable bonds is 1. The van der Waals surface area contributed by atoms with Gasteiger partial charge in [0.05, 0.1) is 5.37 Å². The van der Waals surface area contributed by atoms with E-state index in [-0.39, 0.29) is 11.3 Å². The van der Waals surface area contributed by atoms with Gasteiger partial charge in [-0.25, -0.2) is 0 Å². The highest BCUT2D eigenvalue weighted by atomic mass is 32.1. The van der Waals surface area contributed by atoms with Gasteiger partial charge >= 0.3 is 0 Å². The number of benzene rings is 1. The first kappa shape index (κ1) is 10.5. The van der Waals surface area contributed by atoms with Crippen LogP contribution in [0.5, 0.6) is 0 Å². The first-order valence-electron chi connectivity index (χ1n) is 4.92. The van der Waals surface area contributed by atoms with Gasteiger partial charge in [0.25, 0.3) is 0 Å². The monoisotopic (exact) mass is 222 g/mol. The smallest absolute Gasteiger partial charge is 0.227 e. The quantitative estimate of drug-likeness (QED) is 0.558. The molecular formula is C11H14N2OS. The molecule has 15 heavy (non-hydrogen) atoms. The van der Waals surface area contributed by atoms with Crippen LogP contribution in [0.4, 0.5) is 5.69 Å². The van der Waals surface area contributed by atoms with Crippen LogP contribution in [0.15, 0.2) is 18.2 Å². The summed E-state index contributed by atoms with van der Waals surface area (Å²) in [6.45, 7) is 0. The molecule has 0 saturated carbocycles. The van der Waals surface area contributed by atoms with Gasteiger partial charge in [-0.1, -0.05) is 12.1 Å². The van der Waals surface area contributed by atoms with Gasteiger partial charge in [0.15, 0.2) is 0 Å². The van der Waals surface area contributed by atoms with Crippen molar-refractivity contribution in [2.24, 2.45) is 5.73 Å². The molecule has 3 nitrogen and oxygen atoms in total. The van der Waals surface area contributed by atoms with E-state index in [2.05, 4.69) is 12.6 Å². The third kappa shape index (κ3) is 1.87. The highest BCUT2D eigenvalue weighted by molar-refractivity contribution is 7.80. The van der Waals surface area contributed by atoms with E-state index in [4.69, 9.17) is 5.73 Å². The number of thiol groups is 1. The SMILES string of the molecule is CN1C(=O)CCc2cc(C(N)S)ccc21. The lowest BCUT2D eigenvalue weighted by atomic mass is 9.99. The zero-order valence-electron chi connectivity index (χ0n) is 8.60. The van der Waals surface area contributed by atoms with E-state index in [1.165, 1.54) is 5.56 Å². The Hall–Kier alpha value is -1.00. The average Bonchev–Trinajstić information content (AvgIpc) is 2.23. The predicted molar refractivity (Wildman–Crippen MR) is 64.1 cm³/mol. The maximum Gasteiger partial charge on any atom is 0.227 e. The Bertz CT molecular complexity index is 404. The van der Waals surface area contributed by atoms with Gasteiger partial charge in [0.2, 0.25) is 5.91 Å². The summed E-state index contributed by atoms with van der Waals surface area (Å²) in [5.41, 5.74) is 8.86. The fourth-order valence-electron chi connectivity index (χ4n) is 1.86. The number of nitrogens with zero attached hydrogens (tertiary/aromatic N) is 1. The molecule has 1 aliphatic rings. The molecule has 1 aliphatic heterocycles. The number of carbonyl (C=O) groups is 1. The molecule has 0 spiro atoms. The van der Waals surface area contributed by atoms with Crippen LogP contribution in [-0.2, 0) is 11.2 Å². The molecule has 1 atom stereocenters. The van der Waals surface area contributed by atoms with E-state index in [1.54, 1.807) is 11.9 Å². The Balaban J connectivity index is 2.42. The summed E-state index contributed by atoms with van der Waals surface area (Å²) in [6, 6.07) is 5.90. The summed E-state index contributed by atoms with van der Waals surface area (Å²) in [5, 5.41) is -0.252. The summed E-state index contributed by atoms with van der Waals surface area (Å²) in [4.78, 5) is 13.2. The Morgan fingerprint density at radius 3 is 2.87 bits per heavy atom. The second-order valence-electron chi connectivity index (χ2n) is 3.79. The van der Waals surface area contributed by atoms with Gasteiger partial charge in [-0.2, -0.15) is 12.6 Å². The summed E-state index contributed by atoms with van der Waals surface area (Å²) in [5.74, 6) is 0.172. The molecule has 2 N–H and O–H groups in total. The number of hydrogen-bond donors (Lipinski definition) is 2. The van der Waals surface area contributed by atoms with E-state index in [1.807, 2.05) is 18.2 Å². The lowest BCUT2D eigenvalue weighted by Crippen LogP contribution is -2.31. The molecule has 1 unspecified atom stereocenters. The van der Waals surface area contributed by atoms with Gasteiger partial charge in [0.1, 0.15) is 0 Å². The second kappa shape index (κ2) is 3.87. The molecule has 4 heteroatoms. The third-order valence-corrected chi connectivity index (χ3v) is 3.09. The molecule has 0 bridgehead atoms. The van der Waals surface area contributed by atoms with Crippen LogP contribution in [-0.4, -0.2) is 13.0 Å². The van der Waals surface area contributed by atoms with Crippen LogP contribution in [0.2, 0.25) is 0 Å². The normalized spacial score (nSPS) is 17.5. The summed E-state index contributed by atoms with van der Waals surface area (Å²) >= 11 is 4.19. The summed E-state index contributed by atoms with van der Waals surface area (Å²) < 4.78 is 0. The number of nitrogens with two attached hydrogens (primary N) is 1. The Morgan fingerprint density at radius 2 is 2.20 bits per heavy atom. The Labute approximate surface area is 94.7 Å². The van der Waals surface area contributed by atoms with Crippen LogP contribution in [0.1, 0.15) is 22.9 Å². The number of carbonyl (C=O) groups excluding carboxylic acids is 1. The largest absolute Gasteiger partial charge is 0.316 e. The number of hydrogen-bond acceptors (Lipinski definition) is 3. The van der Waals surface area contributed by atoms with Crippen LogP contribution < -0.4 is 10.6 Å². The van der Waals surface area contributed by atoms with Gasteiger partial charge in [-0.3, -0.25) is 4.79 Å². The first-order valence-corrected chi connectivity index (χ1v) is 5.44. The first-order chi connectivity index (χ1) is 7.09. The van der Waals surface area contributed by atoms with Gasteiger partial charge in [-0.05, 0) is 23.6 Å². The molecule has 0 fully saturated rings. The maximum atomic E-state index is 11.5. The van der Waals surface area contributed by atoms with Crippen molar-refractivity contribution >= 4 is 24.2 Å². The minimum Gasteiger partial charge on any atom is -0.316 e. The minimum atomic E-state index is -0.252. The highest BCUT2D eigenvalue weighted by Crippen LogP contribution is 2.29. The van der Waals surface area contributed by atoms with E-state index in [0.717, 1.165) is 17.7 Å². The zero-order chi connectivity index (χ0) is 11.0. The molecule has 80 valence electrons. The van der Waals surface area contributed by atoms with E-state index in [0.29, 0.717) is 6.42 Å². The lowest BCUT2D eigenvalue weighted by Gasteiger charge is -2.26. The molecule has 1 amide bonds. The molecule has 0 aliphatic carbocycles. The second-order valence-corrected chi connectivity index (χ2v) is 4.34. The number of anilines is 1. The summed E-state index contributed by atoms with van der Waals surface area (Å²) in [6.07, 6.45) is 1.38. The average molecular weight is 222 g/mol. The topological polar surface area (TPSA) is 46.3 Å². The van der Waals surface area contributed by atoms with Crippen molar-refractivity contribution in [2.45, 2.75) is 18.2 Å². The standard InChI is InChI=1S/C11H14N2OS/c1-13-9-4-2-8(11(12)15)6-7(9)3-5-10(13)14/h2,4,6,11,15H,3,5,12H2,1H3. The Kier molecular flexibility index (Phi) is 2.71. The predicted octanol–water partition coefficient (Wildman–Crippen LogP) is 1.48. The van der Waals surface area contributed by atoms with Crippen molar-refractivity contribution in [3.63, 3.8) is 0 Å². The van der Waals surface area contributed by atoms with Gasteiger partial charge in [0, 0.05) is 19.2 Å². The fraction of sp³-hybridized carbons (Fsp3) is 0.364. The van der Waals surface area contributed by atoms with Crippen molar-refractivity contribution in [3.8, 4) is 0 Å². The number of amides is 1. The van der Waals surface area contributed by atoms with Crippen molar-refractivity contribution in [1.82, 2.24) is 0 Å². The maximum absolute atomic E-state index is 11.5. The molecule has 1 heterocycles. The van der Waals surface area contributed by atoms with Gasteiger partial charge in [-0.15, -0.1) is 0 Å². The zero-order valence-corrected chi connectivity index (χ0v) is 9.50. The van der Waals surface area contributed by atoms with Crippen molar-refractivity contribution in [1.29, 1.82) is 0 Å². The van der Waals surface area contributed by atoms with E-state index < -0.39 is 0 Å². The van der Waals surface area contributed by atoms with Crippen molar-refractivity contribution < 1.29 is 4.79 Å². The number of aryl methyl sites for hydroxylation is 1. The van der Waals surface area contributed by atoms with Crippen LogP contribution in [0.3, 0.4) is 0 Å². The molecular weight excluding hydrogens is 208 g/mol. The van der Waals surface area contributed by atoms with E-state index >= 15 is 0 Å². The fourth-order valence-corrected chi connectivity index (χ4v) is 2.02. The Morgan fingerprint density at radius 1 is 1.47 bits per heavy atom. The molecule has 0 radical (unpaired) electrons. The minimum absolute atomic E-state index is 0.172. The molecule has 0 aromatic heterocycles. The highest BCUT2D eigenvalue weighted by Gasteiger charge is 2.20. The molecule has 2 rings (SSSR count). The van der Waals surface area contributed by atoms with Crippen LogP contribution in [0, 0.1) is 0 Å². The number of fused-ring (bicyclic) bond motifs is 1. The van der Waals surface area contributed by atoms with Crippen LogP contribution >= 0.6 is 12.6 Å². The molecule has 1 aromatic carbocycles. The summed E-state index contributed by atoms with van der Waals surface area (Å²) in [7, 11) is 1.81. The molecule has 0 saturated heterocycles. The van der Waals surface area contributed by atoms with Crippen molar-refractivity contribution in [3.05, 3.63) is 29.3 Å². The lowest BCUT2D eigenvalue weighted by molar-refractivity contribution is -0.118. The molecule has 1 aromatic rings. The van der Waals surface area contributed by atoms with Crippen LogP contribution in [0.25, 0.3) is 0 Å². The van der Waals surface area contributed by atoms with E-state index in [9.17, 15) is 4.79 Å².